The van der Waals surface area contributed by atoms with Gasteiger partial charge in [-0.25, -0.2) is 0 Å². The predicted molar refractivity (Wildman–Crippen MR) is 103 cm³/mol. The molecule has 1 saturated heterocycles. The number of rotatable bonds is 5. The van der Waals surface area contributed by atoms with Crippen molar-refractivity contribution in [2.75, 3.05) is 24.6 Å². The maximum atomic E-state index is 12.5. The summed E-state index contributed by atoms with van der Waals surface area (Å²) in [6.45, 7) is 0.988. The number of hydrogen-bond acceptors (Lipinski definition) is 3. The van der Waals surface area contributed by atoms with Crippen molar-refractivity contribution < 1.29 is 17.9 Å². The van der Waals surface area contributed by atoms with Crippen LogP contribution in [0.5, 0.6) is 5.88 Å². The van der Waals surface area contributed by atoms with Crippen molar-refractivity contribution >= 4 is 16.6 Å². The molecule has 0 atom stereocenters. The molecular weight excluding hydrogens is 367 g/mol. The molecule has 3 heterocycles. The quantitative estimate of drug-likeness (QED) is 0.614. The zero-order valence-electron chi connectivity index (χ0n) is 15.5. The third kappa shape index (κ3) is 4.40. The molecule has 2 aromatic heterocycles. The molecule has 0 bridgehead atoms. The van der Waals surface area contributed by atoms with E-state index in [9.17, 15) is 13.2 Å². The summed E-state index contributed by atoms with van der Waals surface area (Å²) in [5.74, 6) is 0.733. The van der Waals surface area contributed by atoms with E-state index >= 15 is 0 Å². The first-order chi connectivity index (χ1) is 13.5. The largest absolute Gasteiger partial charge is 0.468 e. The van der Waals surface area contributed by atoms with Gasteiger partial charge in [-0.1, -0.05) is 24.3 Å². The number of aromatic nitrogens is 2. The fourth-order valence-electron chi connectivity index (χ4n) is 3.63. The molecule has 0 N–H and O–H groups in total. The molecule has 1 aliphatic rings. The summed E-state index contributed by atoms with van der Waals surface area (Å²) in [5, 5.41) is 2.31. The maximum Gasteiger partial charge on any atom is 0.422 e. The van der Waals surface area contributed by atoms with E-state index < -0.39 is 12.8 Å². The fourth-order valence-corrected chi connectivity index (χ4v) is 3.63. The zero-order chi connectivity index (χ0) is 19.6. The molecule has 148 valence electrons. The van der Waals surface area contributed by atoms with Crippen LogP contribution in [0.2, 0.25) is 0 Å². The molecule has 3 aromatic rings. The number of anilines is 1. The Balaban J connectivity index is 1.62. The number of hydrogen-bond donors (Lipinski definition) is 0. The highest BCUT2D eigenvalue weighted by atomic mass is 19.4. The van der Waals surface area contributed by atoms with Crippen LogP contribution in [0.15, 0.2) is 48.8 Å². The Kier molecular flexibility index (Phi) is 5.15. The van der Waals surface area contributed by atoms with Crippen molar-refractivity contribution in [2.24, 2.45) is 0 Å². The van der Waals surface area contributed by atoms with Crippen LogP contribution in [0.3, 0.4) is 0 Å². The van der Waals surface area contributed by atoms with Gasteiger partial charge in [-0.05, 0) is 36.1 Å². The monoisotopic (exact) mass is 389 g/mol. The van der Waals surface area contributed by atoms with Crippen molar-refractivity contribution in [2.45, 2.75) is 32.0 Å². The Morgan fingerprint density at radius 1 is 0.929 bits per heavy atom. The van der Waals surface area contributed by atoms with Crippen LogP contribution in [0.25, 0.3) is 10.8 Å². The number of nitrogens with zero attached hydrogens (tertiary/aromatic N) is 3. The second-order valence-corrected chi connectivity index (χ2v) is 7.14. The minimum Gasteiger partial charge on any atom is -0.468 e. The second-order valence-electron chi connectivity index (χ2n) is 7.14. The Morgan fingerprint density at radius 3 is 2.25 bits per heavy atom. The Bertz CT molecular complexity index is 912. The molecule has 28 heavy (non-hydrogen) atoms. The standard InChI is InChI=1S/C21H22F3N3O/c22-21(23,24)15-28-19-9-8-18(20(25-19)27-10-4-1-5-11-27)14-26-12-16-6-2-3-7-17(16)13-26/h2-3,6-9,12-13H,1,4-5,10-11,14-15H2. The van der Waals surface area contributed by atoms with Gasteiger partial charge in [-0.15, -0.1) is 0 Å². The molecule has 1 fully saturated rings. The molecule has 0 aliphatic carbocycles. The number of benzene rings is 1. The highest BCUT2D eigenvalue weighted by Crippen LogP contribution is 2.27. The van der Waals surface area contributed by atoms with E-state index in [1.54, 1.807) is 0 Å². The predicted octanol–water partition coefficient (Wildman–Crippen LogP) is 5.02. The van der Waals surface area contributed by atoms with Crippen LogP contribution in [-0.4, -0.2) is 35.4 Å². The van der Waals surface area contributed by atoms with E-state index in [4.69, 9.17) is 4.74 Å². The Hall–Kier alpha value is -2.70. The molecule has 0 amide bonds. The van der Waals surface area contributed by atoms with Gasteiger partial charge in [0.15, 0.2) is 6.61 Å². The van der Waals surface area contributed by atoms with Crippen molar-refractivity contribution in [3.63, 3.8) is 0 Å². The van der Waals surface area contributed by atoms with Gasteiger partial charge in [0.2, 0.25) is 5.88 Å². The van der Waals surface area contributed by atoms with Crippen LogP contribution in [0.1, 0.15) is 24.8 Å². The molecule has 1 aliphatic heterocycles. The van der Waals surface area contributed by atoms with Gasteiger partial charge in [0.1, 0.15) is 5.82 Å². The van der Waals surface area contributed by atoms with E-state index in [0.29, 0.717) is 6.54 Å². The molecular formula is C21H22F3N3O. The summed E-state index contributed by atoms with van der Waals surface area (Å²) >= 11 is 0. The first-order valence-corrected chi connectivity index (χ1v) is 9.47. The smallest absolute Gasteiger partial charge is 0.422 e. The maximum absolute atomic E-state index is 12.5. The summed E-state index contributed by atoms with van der Waals surface area (Å²) in [5.41, 5.74) is 0.974. The first-order valence-electron chi connectivity index (χ1n) is 9.47. The average Bonchev–Trinajstić information content (AvgIpc) is 3.09. The van der Waals surface area contributed by atoms with Crippen molar-refractivity contribution in [1.82, 2.24) is 9.55 Å². The Morgan fingerprint density at radius 2 is 1.61 bits per heavy atom. The lowest BCUT2D eigenvalue weighted by molar-refractivity contribution is -0.154. The number of pyridine rings is 1. The lowest BCUT2D eigenvalue weighted by Gasteiger charge is -2.30. The normalized spacial score (nSPS) is 15.2. The molecule has 0 unspecified atom stereocenters. The van der Waals surface area contributed by atoms with Crippen LogP contribution < -0.4 is 9.64 Å². The molecule has 0 radical (unpaired) electrons. The van der Waals surface area contributed by atoms with Crippen molar-refractivity contribution in [3.05, 3.63) is 54.4 Å². The van der Waals surface area contributed by atoms with E-state index in [1.807, 2.05) is 18.2 Å². The fraction of sp³-hybridized carbons (Fsp3) is 0.381. The SMILES string of the molecule is FC(F)(F)COc1ccc(Cn2cc3ccccc3c2)c(N2CCCCC2)n1. The molecule has 4 rings (SSSR count). The second kappa shape index (κ2) is 7.73. The summed E-state index contributed by atoms with van der Waals surface area (Å²) < 4.78 is 44.5. The first kappa shape index (κ1) is 18.7. The van der Waals surface area contributed by atoms with E-state index in [-0.39, 0.29) is 5.88 Å². The third-order valence-corrected chi connectivity index (χ3v) is 4.93. The van der Waals surface area contributed by atoms with Gasteiger partial charge >= 0.3 is 6.18 Å². The molecule has 0 spiro atoms. The topological polar surface area (TPSA) is 30.3 Å². The van der Waals surface area contributed by atoms with Gasteiger partial charge in [0.05, 0.1) is 6.54 Å². The number of halogens is 3. The highest BCUT2D eigenvalue weighted by molar-refractivity contribution is 5.82. The van der Waals surface area contributed by atoms with E-state index in [0.717, 1.165) is 48.1 Å². The third-order valence-electron chi connectivity index (χ3n) is 4.93. The van der Waals surface area contributed by atoms with Crippen LogP contribution in [-0.2, 0) is 6.54 Å². The minimum atomic E-state index is -4.38. The summed E-state index contributed by atoms with van der Waals surface area (Å²) in [6, 6.07) is 11.5. The van der Waals surface area contributed by atoms with Crippen LogP contribution >= 0.6 is 0 Å². The van der Waals surface area contributed by atoms with Gasteiger partial charge in [-0.2, -0.15) is 18.2 Å². The van der Waals surface area contributed by atoms with Crippen LogP contribution in [0, 0.1) is 0 Å². The molecule has 1 aromatic carbocycles. The van der Waals surface area contributed by atoms with Crippen molar-refractivity contribution in [3.8, 4) is 5.88 Å². The van der Waals surface area contributed by atoms with Gasteiger partial charge in [0, 0.05) is 37.1 Å². The number of fused-ring (bicyclic) bond motifs is 1. The highest BCUT2D eigenvalue weighted by Gasteiger charge is 2.29. The Labute approximate surface area is 161 Å². The summed E-state index contributed by atoms with van der Waals surface area (Å²) in [6.07, 6.45) is 3.05. The van der Waals surface area contributed by atoms with Crippen molar-refractivity contribution in [1.29, 1.82) is 0 Å². The zero-order valence-corrected chi connectivity index (χ0v) is 15.5. The van der Waals surface area contributed by atoms with E-state index in [1.165, 1.54) is 12.5 Å². The molecule has 7 heteroatoms. The van der Waals surface area contributed by atoms with Gasteiger partial charge in [-0.3, -0.25) is 0 Å². The molecule has 4 nitrogen and oxygen atoms in total. The van der Waals surface area contributed by atoms with Crippen LogP contribution in [0.4, 0.5) is 19.0 Å². The lowest BCUT2D eigenvalue weighted by atomic mass is 10.1. The minimum absolute atomic E-state index is 0.0133. The lowest BCUT2D eigenvalue weighted by Crippen LogP contribution is -2.31. The summed E-state index contributed by atoms with van der Waals surface area (Å²) in [7, 11) is 0. The van der Waals surface area contributed by atoms with Gasteiger partial charge < -0.3 is 14.2 Å². The molecule has 0 saturated carbocycles. The number of alkyl halides is 3. The number of piperidine rings is 1. The summed E-state index contributed by atoms with van der Waals surface area (Å²) in [4.78, 5) is 6.60. The van der Waals surface area contributed by atoms with E-state index in [2.05, 4.69) is 39.0 Å². The average molecular weight is 389 g/mol. The number of ether oxygens (including phenoxy) is 1. The van der Waals surface area contributed by atoms with Gasteiger partial charge in [0.25, 0.3) is 0 Å².